The number of hydrogen-bond donors (Lipinski definition) is 2. The van der Waals surface area contributed by atoms with Crippen molar-refractivity contribution in [2.24, 2.45) is 0 Å². The van der Waals surface area contributed by atoms with E-state index < -0.39 is 0 Å². The molecule has 0 fully saturated rings. The lowest BCUT2D eigenvalue weighted by Crippen LogP contribution is -2.15. The van der Waals surface area contributed by atoms with Gasteiger partial charge in [-0.1, -0.05) is 24.3 Å². The molecule has 0 atom stereocenters. The van der Waals surface area contributed by atoms with E-state index in [1.807, 2.05) is 48.5 Å². The van der Waals surface area contributed by atoms with E-state index in [1.54, 1.807) is 0 Å². The number of H-pyrrole nitrogens is 1. The summed E-state index contributed by atoms with van der Waals surface area (Å²) in [5.41, 5.74) is 9.59. The van der Waals surface area contributed by atoms with Crippen molar-refractivity contribution in [1.29, 1.82) is 0 Å². The average Bonchev–Trinajstić information content (AvgIpc) is 2.47. The predicted molar refractivity (Wildman–Crippen MR) is 80.6 cm³/mol. The van der Waals surface area contributed by atoms with E-state index in [0.717, 1.165) is 28.7 Å². The fraction of sp³-hybridized carbons (Fsp3) is 0.125. The van der Waals surface area contributed by atoms with Crippen molar-refractivity contribution >= 4 is 16.7 Å². The van der Waals surface area contributed by atoms with Gasteiger partial charge < -0.3 is 10.7 Å². The summed E-state index contributed by atoms with van der Waals surface area (Å²) < 4.78 is 0. The maximum Gasteiger partial charge on any atom is 0.270 e. The molecule has 1 heterocycles. The van der Waals surface area contributed by atoms with Crippen LogP contribution in [0.3, 0.4) is 0 Å². The Morgan fingerprint density at radius 3 is 2.55 bits per heavy atom. The van der Waals surface area contributed by atoms with Crippen LogP contribution in [0.1, 0.15) is 11.3 Å². The molecule has 4 heteroatoms. The largest absolute Gasteiger partial charge is 0.399 e. The molecule has 2 aromatic carbocycles. The van der Waals surface area contributed by atoms with Crippen LogP contribution in [-0.2, 0) is 12.8 Å². The van der Waals surface area contributed by atoms with E-state index in [9.17, 15) is 4.79 Å². The van der Waals surface area contributed by atoms with Crippen molar-refractivity contribution in [3.05, 3.63) is 70.1 Å². The summed E-state index contributed by atoms with van der Waals surface area (Å²) in [5, 5.41) is 0. The standard InChI is InChI=1S/C16H15N3O/c17-12-8-5-11(6-9-12)7-10-15-16(20)19-14-4-2-1-3-13(14)18-15/h1-6,8-9H,7,10,17H2,(H,19,20). The number of nitrogens with one attached hydrogen (secondary N) is 1. The molecule has 0 bridgehead atoms. The Hall–Kier alpha value is -2.62. The third-order valence-corrected chi connectivity index (χ3v) is 3.30. The van der Waals surface area contributed by atoms with Gasteiger partial charge in [-0.3, -0.25) is 4.79 Å². The molecule has 0 saturated heterocycles. The predicted octanol–water partition coefficient (Wildman–Crippen LogP) is 2.29. The van der Waals surface area contributed by atoms with Gasteiger partial charge in [0, 0.05) is 5.69 Å². The summed E-state index contributed by atoms with van der Waals surface area (Å²) in [6.07, 6.45) is 1.39. The van der Waals surface area contributed by atoms with E-state index >= 15 is 0 Å². The molecule has 0 aliphatic heterocycles. The fourth-order valence-electron chi connectivity index (χ4n) is 2.18. The van der Waals surface area contributed by atoms with Crippen LogP contribution in [0.25, 0.3) is 11.0 Å². The van der Waals surface area contributed by atoms with Crippen LogP contribution < -0.4 is 11.3 Å². The van der Waals surface area contributed by atoms with Crippen molar-refractivity contribution in [2.75, 3.05) is 5.73 Å². The zero-order chi connectivity index (χ0) is 13.9. The number of anilines is 1. The SMILES string of the molecule is Nc1ccc(CCc2nc3ccccc3[nH]c2=O)cc1. The molecular weight excluding hydrogens is 250 g/mol. The van der Waals surface area contributed by atoms with Crippen molar-refractivity contribution in [1.82, 2.24) is 9.97 Å². The Balaban J connectivity index is 1.85. The molecule has 4 nitrogen and oxygen atoms in total. The van der Waals surface area contributed by atoms with Gasteiger partial charge in [-0.15, -0.1) is 0 Å². The second kappa shape index (κ2) is 5.17. The highest BCUT2D eigenvalue weighted by Gasteiger charge is 2.05. The van der Waals surface area contributed by atoms with Crippen molar-refractivity contribution in [2.45, 2.75) is 12.8 Å². The quantitative estimate of drug-likeness (QED) is 0.714. The summed E-state index contributed by atoms with van der Waals surface area (Å²) in [6, 6.07) is 15.2. The molecular formula is C16H15N3O. The van der Waals surface area contributed by atoms with E-state index in [0.29, 0.717) is 12.1 Å². The van der Waals surface area contributed by atoms with Crippen LogP contribution in [0.15, 0.2) is 53.3 Å². The van der Waals surface area contributed by atoms with Crippen molar-refractivity contribution in [3.8, 4) is 0 Å². The number of nitrogens with two attached hydrogens (primary N) is 1. The third kappa shape index (κ3) is 2.54. The Morgan fingerprint density at radius 2 is 1.75 bits per heavy atom. The van der Waals surface area contributed by atoms with Crippen LogP contribution in [0.4, 0.5) is 5.69 Å². The highest BCUT2D eigenvalue weighted by Crippen LogP contribution is 2.10. The second-order valence-corrected chi connectivity index (χ2v) is 4.77. The second-order valence-electron chi connectivity index (χ2n) is 4.77. The Labute approximate surface area is 116 Å². The minimum absolute atomic E-state index is 0.112. The van der Waals surface area contributed by atoms with Crippen LogP contribution >= 0.6 is 0 Å². The minimum Gasteiger partial charge on any atom is -0.399 e. The summed E-state index contributed by atoms with van der Waals surface area (Å²) in [5.74, 6) is 0. The average molecular weight is 265 g/mol. The number of nitrogen functional groups attached to an aromatic ring is 1. The van der Waals surface area contributed by atoms with Crippen LogP contribution in [0.5, 0.6) is 0 Å². The summed E-state index contributed by atoms with van der Waals surface area (Å²) in [4.78, 5) is 19.3. The Kier molecular flexibility index (Phi) is 3.21. The van der Waals surface area contributed by atoms with Gasteiger partial charge >= 0.3 is 0 Å². The molecule has 0 spiro atoms. The lowest BCUT2D eigenvalue weighted by Gasteiger charge is -2.03. The van der Waals surface area contributed by atoms with Gasteiger partial charge in [0.15, 0.2) is 0 Å². The third-order valence-electron chi connectivity index (χ3n) is 3.30. The first-order valence-electron chi connectivity index (χ1n) is 6.55. The highest BCUT2D eigenvalue weighted by atomic mass is 16.1. The molecule has 0 saturated carbocycles. The zero-order valence-corrected chi connectivity index (χ0v) is 11.0. The molecule has 20 heavy (non-hydrogen) atoms. The first-order valence-corrected chi connectivity index (χ1v) is 6.55. The van der Waals surface area contributed by atoms with Gasteiger partial charge in [0.2, 0.25) is 0 Å². The van der Waals surface area contributed by atoms with E-state index in [4.69, 9.17) is 5.73 Å². The highest BCUT2D eigenvalue weighted by molar-refractivity contribution is 5.73. The molecule has 0 aliphatic rings. The lowest BCUT2D eigenvalue weighted by molar-refractivity contribution is 0.895. The van der Waals surface area contributed by atoms with Crippen molar-refractivity contribution < 1.29 is 0 Å². The number of para-hydroxylation sites is 2. The maximum absolute atomic E-state index is 12.0. The van der Waals surface area contributed by atoms with E-state index in [2.05, 4.69) is 9.97 Å². The smallest absolute Gasteiger partial charge is 0.270 e. The molecule has 3 rings (SSSR count). The molecule has 3 N–H and O–H groups in total. The summed E-state index contributed by atoms with van der Waals surface area (Å²) >= 11 is 0. The lowest BCUT2D eigenvalue weighted by atomic mass is 10.1. The van der Waals surface area contributed by atoms with Gasteiger partial charge in [0.25, 0.3) is 5.56 Å². The number of nitrogens with zero attached hydrogens (tertiary/aromatic N) is 1. The Bertz CT molecular complexity index is 791. The fourth-order valence-corrected chi connectivity index (χ4v) is 2.18. The summed E-state index contributed by atoms with van der Waals surface area (Å²) in [6.45, 7) is 0. The van der Waals surface area contributed by atoms with E-state index in [1.165, 1.54) is 0 Å². The number of hydrogen-bond acceptors (Lipinski definition) is 3. The number of aryl methyl sites for hydroxylation is 2. The number of aromatic amines is 1. The van der Waals surface area contributed by atoms with E-state index in [-0.39, 0.29) is 5.56 Å². The van der Waals surface area contributed by atoms with Crippen LogP contribution in [0.2, 0.25) is 0 Å². The first-order chi connectivity index (χ1) is 9.72. The number of benzene rings is 2. The van der Waals surface area contributed by atoms with Gasteiger partial charge in [-0.05, 0) is 42.7 Å². The molecule has 0 aliphatic carbocycles. The molecule has 0 amide bonds. The zero-order valence-electron chi connectivity index (χ0n) is 11.0. The maximum atomic E-state index is 12.0. The number of aromatic nitrogens is 2. The van der Waals surface area contributed by atoms with Crippen molar-refractivity contribution in [3.63, 3.8) is 0 Å². The van der Waals surface area contributed by atoms with Crippen LogP contribution in [0, 0.1) is 0 Å². The molecule has 0 unspecified atom stereocenters. The van der Waals surface area contributed by atoms with Gasteiger partial charge in [-0.25, -0.2) is 4.98 Å². The van der Waals surface area contributed by atoms with Gasteiger partial charge in [-0.2, -0.15) is 0 Å². The monoisotopic (exact) mass is 265 g/mol. The molecule has 100 valence electrons. The molecule has 3 aromatic rings. The number of fused-ring (bicyclic) bond motifs is 1. The van der Waals surface area contributed by atoms with Crippen LogP contribution in [-0.4, -0.2) is 9.97 Å². The molecule has 1 aromatic heterocycles. The topological polar surface area (TPSA) is 71.8 Å². The first kappa shape index (κ1) is 12.4. The summed E-state index contributed by atoms with van der Waals surface area (Å²) in [7, 11) is 0. The normalized spacial score (nSPS) is 10.8. The van der Waals surface area contributed by atoms with Gasteiger partial charge in [0.1, 0.15) is 5.69 Å². The molecule has 0 radical (unpaired) electrons. The Morgan fingerprint density at radius 1 is 1.00 bits per heavy atom. The minimum atomic E-state index is -0.112. The number of rotatable bonds is 3. The van der Waals surface area contributed by atoms with Gasteiger partial charge in [0.05, 0.1) is 11.0 Å².